The van der Waals surface area contributed by atoms with Gasteiger partial charge in [-0.15, -0.1) is 0 Å². The molecule has 0 radical (unpaired) electrons. The number of aromatic nitrogens is 2. The molecule has 3 aromatic rings. The number of ether oxygens (including phenoxy) is 1. The van der Waals surface area contributed by atoms with Gasteiger partial charge in [0.05, 0.1) is 12.1 Å². The second-order valence-electron chi connectivity index (χ2n) is 6.32. The van der Waals surface area contributed by atoms with Gasteiger partial charge in [-0.1, -0.05) is 23.7 Å². The summed E-state index contributed by atoms with van der Waals surface area (Å²) in [6.07, 6.45) is -4.40. The molecule has 29 heavy (non-hydrogen) atoms. The van der Waals surface area contributed by atoms with E-state index in [0.29, 0.717) is 27.8 Å². The molecule has 0 aliphatic heterocycles. The van der Waals surface area contributed by atoms with E-state index < -0.39 is 17.6 Å². The predicted molar refractivity (Wildman–Crippen MR) is 103 cm³/mol. The second kappa shape index (κ2) is 8.57. The van der Waals surface area contributed by atoms with E-state index >= 15 is 0 Å². The molecule has 0 fully saturated rings. The number of aryl methyl sites for hydroxylation is 1. The van der Waals surface area contributed by atoms with Gasteiger partial charge in [0, 0.05) is 16.8 Å². The second-order valence-corrected chi connectivity index (χ2v) is 6.75. The lowest BCUT2D eigenvalue weighted by atomic mass is 10.1. The number of nitrogens with zero attached hydrogens (tertiary/aromatic N) is 2. The summed E-state index contributed by atoms with van der Waals surface area (Å²) in [5.74, 6) is 0.374. The summed E-state index contributed by atoms with van der Waals surface area (Å²) >= 11 is 5.79. The summed E-state index contributed by atoms with van der Waals surface area (Å²) < 4.78 is 45.5. The molecule has 0 saturated heterocycles. The number of nitrogens with one attached hydrogen (secondary N) is 1. The van der Waals surface area contributed by atoms with E-state index in [0.717, 1.165) is 12.1 Å². The molecule has 2 aromatic carbocycles. The Kier molecular flexibility index (Phi) is 6.12. The number of halogens is 4. The first-order valence-corrected chi connectivity index (χ1v) is 8.97. The summed E-state index contributed by atoms with van der Waals surface area (Å²) in [6, 6.07) is 13.3. The zero-order valence-electron chi connectivity index (χ0n) is 15.3. The molecule has 9 heteroatoms. The summed E-state index contributed by atoms with van der Waals surface area (Å²) in [6.45, 7) is 1.68. The number of benzene rings is 2. The number of rotatable bonds is 6. The lowest BCUT2D eigenvalue weighted by Crippen LogP contribution is -2.20. The van der Waals surface area contributed by atoms with Gasteiger partial charge >= 0.3 is 6.18 Å². The quantitative estimate of drug-likeness (QED) is 0.611. The molecule has 0 spiro atoms. The van der Waals surface area contributed by atoms with Crippen LogP contribution in [0.5, 0.6) is 5.75 Å². The van der Waals surface area contributed by atoms with E-state index in [1.807, 2.05) is 0 Å². The van der Waals surface area contributed by atoms with Crippen molar-refractivity contribution in [3.05, 3.63) is 76.4 Å². The highest BCUT2D eigenvalue weighted by Gasteiger charge is 2.30. The summed E-state index contributed by atoms with van der Waals surface area (Å²) in [5.41, 5.74) is 0.430. The first-order valence-electron chi connectivity index (χ1n) is 8.59. The molecule has 0 atom stereocenters. The van der Waals surface area contributed by atoms with Crippen molar-refractivity contribution < 1.29 is 22.7 Å². The van der Waals surface area contributed by atoms with Crippen LogP contribution in [-0.2, 0) is 17.5 Å². The highest BCUT2D eigenvalue weighted by atomic mass is 35.5. The number of carbonyl (C=O) groups is 1. The average molecular weight is 424 g/mol. The number of amides is 1. The maximum absolute atomic E-state index is 12.9. The largest absolute Gasteiger partial charge is 0.484 e. The van der Waals surface area contributed by atoms with Crippen LogP contribution in [0.4, 0.5) is 19.0 Å². The molecule has 1 N–H and O–H groups in total. The van der Waals surface area contributed by atoms with Crippen molar-refractivity contribution in [1.29, 1.82) is 0 Å². The van der Waals surface area contributed by atoms with Gasteiger partial charge in [0.15, 0.2) is 12.4 Å². The van der Waals surface area contributed by atoms with Crippen molar-refractivity contribution in [1.82, 2.24) is 9.78 Å². The summed E-state index contributed by atoms with van der Waals surface area (Å²) in [4.78, 5) is 12.1. The van der Waals surface area contributed by atoms with Crippen molar-refractivity contribution in [2.75, 3.05) is 11.9 Å². The van der Waals surface area contributed by atoms with Gasteiger partial charge < -0.3 is 10.1 Å². The van der Waals surface area contributed by atoms with E-state index in [1.165, 1.54) is 10.7 Å². The van der Waals surface area contributed by atoms with Crippen molar-refractivity contribution in [3.63, 3.8) is 0 Å². The van der Waals surface area contributed by atoms with E-state index in [9.17, 15) is 18.0 Å². The maximum Gasteiger partial charge on any atom is 0.416 e. The minimum atomic E-state index is -4.40. The maximum atomic E-state index is 12.9. The molecular weight excluding hydrogens is 407 g/mol. The minimum absolute atomic E-state index is 0.146. The Bertz CT molecular complexity index is 1000. The normalized spacial score (nSPS) is 11.3. The average Bonchev–Trinajstić information content (AvgIpc) is 2.99. The summed E-state index contributed by atoms with van der Waals surface area (Å²) in [5, 5.41) is 7.40. The van der Waals surface area contributed by atoms with Crippen molar-refractivity contribution >= 4 is 23.3 Å². The van der Waals surface area contributed by atoms with Crippen LogP contribution in [0.3, 0.4) is 0 Å². The Balaban J connectivity index is 1.61. The number of carbonyl (C=O) groups excluding carboxylic acids is 1. The molecule has 1 heterocycles. The molecule has 1 aromatic heterocycles. The Morgan fingerprint density at radius 1 is 1.17 bits per heavy atom. The van der Waals surface area contributed by atoms with Gasteiger partial charge in [-0.2, -0.15) is 18.3 Å². The van der Waals surface area contributed by atoms with Gasteiger partial charge in [-0.25, -0.2) is 0 Å². The van der Waals surface area contributed by atoms with E-state index in [4.69, 9.17) is 16.3 Å². The highest BCUT2D eigenvalue weighted by Crippen LogP contribution is 2.29. The molecule has 3 rings (SSSR count). The lowest BCUT2D eigenvalue weighted by Gasteiger charge is -2.09. The Morgan fingerprint density at radius 3 is 2.59 bits per heavy atom. The third-order valence-corrected chi connectivity index (χ3v) is 4.27. The molecule has 152 valence electrons. The van der Waals surface area contributed by atoms with Crippen molar-refractivity contribution in [2.45, 2.75) is 19.6 Å². The Labute approximate surface area is 170 Å². The fourth-order valence-corrected chi connectivity index (χ4v) is 2.73. The minimum Gasteiger partial charge on any atom is -0.484 e. The van der Waals surface area contributed by atoms with Crippen LogP contribution in [0.25, 0.3) is 0 Å². The van der Waals surface area contributed by atoms with Crippen molar-refractivity contribution in [3.8, 4) is 5.75 Å². The van der Waals surface area contributed by atoms with Crippen molar-refractivity contribution in [2.24, 2.45) is 0 Å². The lowest BCUT2D eigenvalue weighted by molar-refractivity contribution is -0.137. The van der Waals surface area contributed by atoms with Gasteiger partial charge in [0.25, 0.3) is 5.91 Å². The monoisotopic (exact) mass is 423 g/mol. The van der Waals surface area contributed by atoms with E-state index in [1.54, 1.807) is 43.3 Å². The van der Waals surface area contributed by atoms with Crippen LogP contribution in [-0.4, -0.2) is 22.3 Å². The molecule has 0 bridgehead atoms. The van der Waals surface area contributed by atoms with E-state index in [2.05, 4.69) is 10.4 Å². The number of anilines is 1. The van der Waals surface area contributed by atoms with Crippen LogP contribution < -0.4 is 10.1 Å². The number of alkyl halides is 3. The van der Waals surface area contributed by atoms with Crippen LogP contribution >= 0.6 is 11.6 Å². The van der Waals surface area contributed by atoms with Crippen LogP contribution in [0.2, 0.25) is 5.02 Å². The molecule has 5 nitrogen and oxygen atoms in total. The number of hydrogen-bond acceptors (Lipinski definition) is 3. The molecular formula is C20H17ClF3N3O2. The topological polar surface area (TPSA) is 56.1 Å². The zero-order valence-corrected chi connectivity index (χ0v) is 16.1. The first kappa shape index (κ1) is 20.7. The first-order chi connectivity index (χ1) is 13.7. The van der Waals surface area contributed by atoms with Crippen LogP contribution in [0, 0.1) is 6.92 Å². The molecule has 0 saturated carbocycles. The fraction of sp³-hybridized carbons (Fsp3) is 0.200. The van der Waals surface area contributed by atoms with Gasteiger partial charge in [-0.05, 0) is 48.9 Å². The zero-order chi connectivity index (χ0) is 21.0. The fourth-order valence-electron chi connectivity index (χ4n) is 2.61. The van der Waals surface area contributed by atoms with Gasteiger partial charge in [0.1, 0.15) is 5.75 Å². The standard InChI is InChI=1S/C20H17ClF3N3O2/c1-13-9-18(25-19(28)12-29-17-7-5-16(21)6-8-17)26-27(13)11-14-3-2-4-15(10-14)20(22,23)24/h2-10H,11-12H2,1H3,(H,25,26,28). The Hall–Kier alpha value is -3.00. The third kappa shape index (κ3) is 5.74. The Morgan fingerprint density at radius 2 is 1.90 bits per heavy atom. The SMILES string of the molecule is Cc1cc(NC(=O)COc2ccc(Cl)cc2)nn1Cc1cccc(C(F)(F)F)c1. The molecule has 0 aliphatic rings. The third-order valence-electron chi connectivity index (χ3n) is 4.02. The van der Waals surface area contributed by atoms with Gasteiger partial charge in [0.2, 0.25) is 0 Å². The van der Waals surface area contributed by atoms with Gasteiger partial charge in [-0.3, -0.25) is 9.48 Å². The van der Waals surface area contributed by atoms with E-state index in [-0.39, 0.29) is 13.2 Å². The molecule has 1 amide bonds. The summed E-state index contributed by atoms with van der Waals surface area (Å²) in [7, 11) is 0. The number of hydrogen-bond donors (Lipinski definition) is 1. The molecule has 0 unspecified atom stereocenters. The van der Waals surface area contributed by atoms with Crippen LogP contribution in [0.15, 0.2) is 54.6 Å². The molecule has 0 aliphatic carbocycles. The smallest absolute Gasteiger partial charge is 0.416 e. The van der Waals surface area contributed by atoms with Crippen LogP contribution in [0.1, 0.15) is 16.8 Å². The predicted octanol–water partition coefficient (Wildman–Crippen LogP) is 4.93. The highest BCUT2D eigenvalue weighted by molar-refractivity contribution is 6.30.